The Morgan fingerprint density at radius 1 is 1.35 bits per heavy atom. The van der Waals surface area contributed by atoms with Gasteiger partial charge in [-0.25, -0.2) is 0 Å². The number of rotatable bonds is 5. The van der Waals surface area contributed by atoms with Gasteiger partial charge in [-0.3, -0.25) is 4.72 Å². The predicted octanol–water partition coefficient (Wildman–Crippen LogP) is 1.61. The third kappa shape index (κ3) is 3.71. The lowest BCUT2D eigenvalue weighted by atomic mass is 10.00. The predicted molar refractivity (Wildman–Crippen MR) is 79.7 cm³/mol. The van der Waals surface area contributed by atoms with Crippen LogP contribution in [0.25, 0.3) is 0 Å². The van der Waals surface area contributed by atoms with Gasteiger partial charge in [0, 0.05) is 19.7 Å². The van der Waals surface area contributed by atoms with Crippen LogP contribution < -0.4 is 4.72 Å². The van der Waals surface area contributed by atoms with Crippen LogP contribution in [0.15, 0.2) is 24.3 Å². The van der Waals surface area contributed by atoms with Crippen molar-refractivity contribution in [2.24, 2.45) is 5.92 Å². The van der Waals surface area contributed by atoms with Gasteiger partial charge in [0.15, 0.2) is 0 Å². The zero-order chi connectivity index (χ0) is 14.6. The first-order valence-corrected chi connectivity index (χ1v) is 8.47. The van der Waals surface area contributed by atoms with E-state index in [9.17, 15) is 8.42 Å². The number of nitrogens with one attached hydrogen (secondary N) is 1. The van der Waals surface area contributed by atoms with E-state index in [1.54, 1.807) is 6.07 Å². The molecular formula is C14H22N2O3S. The number of aliphatic hydroxyl groups excluding tert-OH is 1. The standard InChI is InChI=1S/C14H22N2O3S/c1-2-12-4-3-5-14(10-12)15-20(18,19)16-8-6-13(11-17)7-9-16/h3-5,10,13,15,17H,2,6-9,11H2,1H3. The molecule has 1 aliphatic heterocycles. The van der Waals surface area contributed by atoms with Crippen LogP contribution >= 0.6 is 0 Å². The quantitative estimate of drug-likeness (QED) is 0.867. The van der Waals surface area contributed by atoms with Gasteiger partial charge in [0.25, 0.3) is 0 Å². The van der Waals surface area contributed by atoms with Crippen molar-refractivity contribution in [3.8, 4) is 0 Å². The van der Waals surface area contributed by atoms with Crippen LogP contribution in [0.2, 0.25) is 0 Å². The Labute approximate surface area is 120 Å². The highest BCUT2D eigenvalue weighted by molar-refractivity contribution is 7.90. The van der Waals surface area contributed by atoms with Gasteiger partial charge < -0.3 is 5.11 Å². The fourth-order valence-corrected chi connectivity index (χ4v) is 3.65. The highest BCUT2D eigenvalue weighted by Gasteiger charge is 2.27. The summed E-state index contributed by atoms with van der Waals surface area (Å²) in [6.45, 7) is 3.11. The maximum absolute atomic E-state index is 12.3. The lowest BCUT2D eigenvalue weighted by molar-refractivity contribution is 0.170. The van der Waals surface area contributed by atoms with Crippen molar-refractivity contribution in [3.63, 3.8) is 0 Å². The van der Waals surface area contributed by atoms with Gasteiger partial charge >= 0.3 is 10.2 Å². The number of nitrogens with zero attached hydrogens (tertiary/aromatic N) is 1. The minimum Gasteiger partial charge on any atom is -0.396 e. The van der Waals surface area contributed by atoms with Crippen LogP contribution in [0.5, 0.6) is 0 Å². The summed E-state index contributed by atoms with van der Waals surface area (Å²) in [5.74, 6) is 0.227. The molecule has 0 unspecified atom stereocenters. The van der Waals surface area contributed by atoms with E-state index in [-0.39, 0.29) is 12.5 Å². The molecule has 6 heteroatoms. The van der Waals surface area contributed by atoms with Gasteiger partial charge in [0.1, 0.15) is 0 Å². The van der Waals surface area contributed by atoms with Crippen molar-refractivity contribution in [1.82, 2.24) is 4.31 Å². The molecule has 0 saturated carbocycles. The molecular weight excluding hydrogens is 276 g/mol. The van der Waals surface area contributed by atoms with E-state index >= 15 is 0 Å². The average molecular weight is 298 g/mol. The number of hydrogen-bond acceptors (Lipinski definition) is 3. The molecule has 1 saturated heterocycles. The van der Waals surface area contributed by atoms with Crippen molar-refractivity contribution < 1.29 is 13.5 Å². The molecule has 0 bridgehead atoms. The van der Waals surface area contributed by atoms with Crippen LogP contribution in [0.4, 0.5) is 5.69 Å². The molecule has 112 valence electrons. The van der Waals surface area contributed by atoms with Crippen LogP contribution in [-0.4, -0.2) is 37.5 Å². The van der Waals surface area contributed by atoms with E-state index in [1.165, 1.54) is 4.31 Å². The first-order chi connectivity index (χ1) is 9.55. The lowest BCUT2D eigenvalue weighted by Crippen LogP contribution is -2.42. The second-order valence-electron chi connectivity index (χ2n) is 5.19. The summed E-state index contributed by atoms with van der Waals surface area (Å²) in [6.07, 6.45) is 2.30. The van der Waals surface area contributed by atoms with E-state index in [2.05, 4.69) is 4.72 Å². The first-order valence-electron chi connectivity index (χ1n) is 7.03. The molecule has 0 aromatic heterocycles. The molecule has 5 nitrogen and oxygen atoms in total. The van der Waals surface area contributed by atoms with Gasteiger partial charge in [-0.15, -0.1) is 0 Å². The second kappa shape index (κ2) is 6.56. The smallest absolute Gasteiger partial charge is 0.301 e. The monoisotopic (exact) mass is 298 g/mol. The molecule has 1 heterocycles. The van der Waals surface area contributed by atoms with Crippen molar-refractivity contribution in [2.45, 2.75) is 26.2 Å². The summed E-state index contributed by atoms with van der Waals surface area (Å²) in [6, 6.07) is 7.45. The van der Waals surface area contributed by atoms with Gasteiger partial charge in [-0.2, -0.15) is 12.7 Å². The SMILES string of the molecule is CCc1cccc(NS(=O)(=O)N2CCC(CO)CC2)c1. The number of benzene rings is 1. The Morgan fingerprint density at radius 3 is 2.65 bits per heavy atom. The molecule has 1 aliphatic rings. The molecule has 1 fully saturated rings. The number of hydrogen-bond donors (Lipinski definition) is 2. The van der Waals surface area contributed by atoms with E-state index in [0.29, 0.717) is 31.6 Å². The highest BCUT2D eigenvalue weighted by Crippen LogP contribution is 2.21. The minimum absolute atomic E-state index is 0.139. The Kier molecular flexibility index (Phi) is 5.01. The molecule has 0 amide bonds. The Morgan fingerprint density at radius 2 is 2.05 bits per heavy atom. The third-order valence-corrected chi connectivity index (χ3v) is 5.29. The summed E-state index contributed by atoms with van der Waals surface area (Å²) < 4.78 is 28.7. The van der Waals surface area contributed by atoms with Crippen molar-refractivity contribution in [1.29, 1.82) is 0 Å². The molecule has 0 aliphatic carbocycles. The van der Waals surface area contributed by atoms with Crippen LogP contribution in [-0.2, 0) is 16.6 Å². The average Bonchev–Trinajstić information content (AvgIpc) is 2.47. The second-order valence-corrected chi connectivity index (χ2v) is 6.86. The Balaban J connectivity index is 2.03. The molecule has 2 rings (SSSR count). The summed E-state index contributed by atoms with van der Waals surface area (Å²) in [5.41, 5.74) is 1.71. The van der Waals surface area contributed by atoms with Gasteiger partial charge in [-0.05, 0) is 42.9 Å². The van der Waals surface area contributed by atoms with Gasteiger partial charge in [-0.1, -0.05) is 19.1 Å². The maximum Gasteiger partial charge on any atom is 0.301 e. The number of anilines is 1. The molecule has 1 aromatic rings. The largest absolute Gasteiger partial charge is 0.396 e. The molecule has 0 radical (unpaired) electrons. The summed E-state index contributed by atoms with van der Waals surface area (Å²) >= 11 is 0. The Hall–Kier alpha value is -1.11. The zero-order valence-electron chi connectivity index (χ0n) is 11.7. The van der Waals surface area contributed by atoms with Crippen LogP contribution in [0, 0.1) is 5.92 Å². The minimum atomic E-state index is -3.49. The summed E-state index contributed by atoms with van der Waals surface area (Å²) in [7, 11) is -3.49. The first kappa shape index (κ1) is 15.3. The zero-order valence-corrected chi connectivity index (χ0v) is 12.6. The maximum atomic E-state index is 12.3. The highest BCUT2D eigenvalue weighted by atomic mass is 32.2. The summed E-state index contributed by atoms with van der Waals surface area (Å²) in [4.78, 5) is 0. The van der Waals surface area contributed by atoms with Crippen molar-refractivity contribution in [3.05, 3.63) is 29.8 Å². The number of aliphatic hydroxyl groups is 1. The van der Waals surface area contributed by atoms with E-state index < -0.39 is 10.2 Å². The Bertz CT molecular complexity index is 537. The van der Waals surface area contributed by atoms with Gasteiger partial charge in [0.2, 0.25) is 0 Å². The topological polar surface area (TPSA) is 69.6 Å². The summed E-state index contributed by atoms with van der Waals surface area (Å²) in [5, 5.41) is 9.09. The normalized spacial score (nSPS) is 18.1. The van der Waals surface area contributed by atoms with E-state index in [0.717, 1.165) is 12.0 Å². The molecule has 0 atom stereocenters. The number of piperidine rings is 1. The van der Waals surface area contributed by atoms with E-state index in [1.807, 2.05) is 25.1 Å². The fourth-order valence-electron chi connectivity index (χ4n) is 2.40. The van der Waals surface area contributed by atoms with E-state index in [4.69, 9.17) is 5.11 Å². The fraction of sp³-hybridized carbons (Fsp3) is 0.571. The van der Waals surface area contributed by atoms with Crippen molar-refractivity contribution in [2.75, 3.05) is 24.4 Å². The third-order valence-electron chi connectivity index (χ3n) is 3.75. The molecule has 20 heavy (non-hydrogen) atoms. The molecule has 1 aromatic carbocycles. The van der Waals surface area contributed by atoms with Crippen LogP contribution in [0.1, 0.15) is 25.3 Å². The lowest BCUT2D eigenvalue weighted by Gasteiger charge is -2.30. The van der Waals surface area contributed by atoms with Gasteiger partial charge in [0.05, 0.1) is 5.69 Å². The molecule has 0 spiro atoms. The van der Waals surface area contributed by atoms with Crippen molar-refractivity contribution >= 4 is 15.9 Å². The molecule has 2 N–H and O–H groups in total. The number of aryl methyl sites for hydroxylation is 1. The van der Waals surface area contributed by atoms with Crippen LogP contribution in [0.3, 0.4) is 0 Å².